The van der Waals surface area contributed by atoms with Gasteiger partial charge in [-0.2, -0.15) is 0 Å². The highest BCUT2D eigenvalue weighted by Crippen LogP contribution is 2.25. The van der Waals surface area contributed by atoms with Crippen LogP contribution in [0.2, 0.25) is 0 Å². The topological polar surface area (TPSA) is 68.3 Å². The van der Waals surface area contributed by atoms with Gasteiger partial charge in [-0.25, -0.2) is 9.97 Å². The van der Waals surface area contributed by atoms with E-state index >= 15 is 0 Å². The Hall–Kier alpha value is -2.34. The maximum Gasteiger partial charge on any atom is 0.133 e. The first-order valence-corrected chi connectivity index (χ1v) is 8.73. The zero-order valence-corrected chi connectivity index (χ0v) is 15.2. The standard InChI is InChI=1S/C19H26N4O2/c1-13-22-17-8-10-20-9-7-16(17)19(23-13)21-11-6-14-4-5-15(24-2)12-18(14)25-3/h4-5,12,20H,6-11H2,1-3H3,(H,21,22,23). The normalized spacial score (nSPS) is 13.7. The summed E-state index contributed by atoms with van der Waals surface area (Å²) in [5.41, 5.74) is 3.56. The molecule has 25 heavy (non-hydrogen) atoms. The van der Waals surface area contributed by atoms with Crippen LogP contribution in [-0.4, -0.2) is 43.8 Å². The first-order valence-electron chi connectivity index (χ1n) is 8.73. The molecule has 0 fully saturated rings. The van der Waals surface area contributed by atoms with Crippen molar-refractivity contribution < 1.29 is 9.47 Å². The van der Waals surface area contributed by atoms with Crippen molar-refractivity contribution in [3.05, 3.63) is 40.8 Å². The van der Waals surface area contributed by atoms with E-state index in [2.05, 4.69) is 26.7 Å². The summed E-state index contributed by atoms with van der Waals surface area (Å²) in [6.07, 6.45) is 2.77. The molecule has 3 rings (SSSR count). The van der Waals surface area contributed by atoms with Gasteiger partial charge in [0.15, 0.2) is 0 Å². The Labute approximate surface area is 149 Å². The number of aryl methyl sites for hydroxylation is 1. The van der Waals surface area contributed by atoms with Gasteiger partial charge in [-0.15, -0.1) is 0 Å². The molecule has 134 valence electrons. The third-order valence-electron chi connectivity index (χ3n) is 4.48. The highest BCUT2D eigenvalue weighted by molar-refractivity contribution is 5.48. The van der Waals surface area contributed by atoms with Gasteiger partial charge in [-0.3, -0.25) is 0 Å². The lowest BCUT2D eigenvalue weighted by molar-refractivity contribution is 0.391. The van der Waals surface area contributed by atoms with Crippen LogP contribution in [0.1, 0.15) is 22.6 Å². The summed E-state index contributed by atoms with van der Waals surface area (Å²) in [5.74, 6) is 3.45. The molecule has 0 saturated heterocycles. The van der Waals surface area contributed by atoms with Crippen LogP contribution in [0.15, 0.2) is 18.2 Å². The van der Waals surface area contributed by atoms with Gasteiger partial charge in [0, 0.05) is 31.1 Å². The van der Waals surface area contributed by atoms with E-state index in [4.69, 9.17) is 9.47 Å². The largest absolute Gasteiger partial charge is 0.497 e. The Morgan fingerprint density at radius 3 is 2.76 bits per heavy atom. The lowest BCUT2D eigenvalue weighted by Gasteiger charge is -2.15. The molecule has 6 heteroatoms. The Morgan fingerprint density at radius 1 is 1.12 bits per heavy atom. The average molecular weight is 342 g/mol. The Morgan fingerprint density at radius 2 is 1.96 bits per heavy atom. The van der Waals surface area contributed by atoms with E-state index in [9.17, 15) is 0 Å². The number of anilines is 1. The van der Waals surface area contributed by atoms with Gasteiger partial charge < -0.3 is 20.1 Å². The van der Waals surface area contributed by atoms with Gasteiger partial charge in [-0.05, 0) is 37.9 Å². The molecule has 0 unspecified atom stereocenters. The summed E-state index contributed by atoms with van der Waals surface area (Å²) in [6.45, 7) is 4.70. The SMILES string of the molecule is COc1ccc(CCNc2nc(C)nc3c2CCNCC3)c(OC)c1. The van der Waals surface area contributed by atoms with Crippen LogP contribution in [0.5, 0.6) is 11.5 Å². The fraction of sp³-hybridized carbons (Fsp3) is 0.474. The van der Waals surface area contributed by atoms with Crippen LogP contribution in [0, 0.1) is 6.92 Å². The number of hydrogen-bond donors (Lipinski definition) is 2. The van der Waals surface area contributed by atoms with Crippen molar-refractivity contribution in [2.75, 3.05) is 39.2 Å². The molecule has 2 N–H and O–H groups in total. The van der Waals surface area contributed by atoms with Crippen molar-refractivity contribution in [1.82, 2.24) is 15.3 Å². The molecule has 1 aliphatic heterocycles. The first kappa shape index (κ1) is 17.5. The third-order valence-corrected chi connectivity index (χ3v) is 4.48. The summed E-state index contributed by atoms with van der Waals surface area (Å²) >= 11 is 0. The summed E-state index contributed by atoms with van der Waals surface area (Å²) in [5, 5.41) is 6.93. The van der Waals surface area contributed by atoms with Gasteiger partial charge in [0.1, 0.15) is 23.1 Å². The minimum atomic E-state index is 0.791. The van der Waals surface area contributed by atoms with Crippen LogP contribution in [0.25, 0.3) is 0 Å². The molecule has 0 radical (unpaired) electrons. The number of methoxy groups -OCH3 is 2. The maximum atomic E-state index is 5.48. The maximum absolute atomic E-state index is 5.48. The second-order valence-corrected chi connectivity index (χ2v) is 6.15. The minimum Gasteiger partial charge on any atom is -0.497 e. The van der Waals surface area contributed by atoms with E-state index in [0.29, 0.717) is 0 Å². The highest BCUT2D eigenvalue weighted by Gasteiger charge is 2.15. The van der Waals surface area contributed by atoms with E-state index in [1.54, 1.807) is 14.2 Å². The quantitative estimate of drug-likeness (QED) is 0.838. The zero-order valence-electron chi connectivity index (χ0n) is 15.2. The Kier molecular flexibility index (Phi) is 5.71. The number of nitrogens with one attached hydrogen (secondary N) is 2. The molecule has 0 saturated carbocycles. The van der Waals surface area contributed by atoms with Gasteiger partial charge >= 0.3 is 0 Å². The molecule has 1 aromatic heterocycles. The highest BCUT2D eigenvalue weighted by atomic mass is 16.5. The molecule has 2 heterocycles. The van der Waals surface area contributed by atoms with E-state index in [0.717, 1.165) is 67.6 Å². The molecule has 1 aromatic carbocycles. The third kappa shape index (κ3) is 4.20. The lowest BCUT2D eigenvalue weighted by atomic mass is 10.1. The number of hydrogen-bond acceptors (Lipinski definition) is 6. The number of ether oxygens (including phenoxy) is 2. The number of fused-ring (bicyclic) bond motifs is 1. The average Bonchev–Trinajstić information content (AvgIpc) is 2.87. The zero-order chi connectivity index (χ0) is 17.6. The van der Waals surface area contributed by atoms with Crippen LogP contribution < -0.4 is 20.1 Å². The molecule has 0 atom stereocenters. The number of nitrogens with zero attached hydrogens (tertiary/aromatic N) is 2. The molecule has 6 nitrogen and oxygen atoms in total. The van der Waals surface area contributed by atoms with E-state index in [1.807, 2.05) is 19.1 Å². The van der Waals surface area contributed by atoms with Gasteiger partial charge in [-0.1, -0.05) is 6.07 Å². The fourth-order valence-electron chi connectivity index (χ4n) is 3.19. The summed E-state index contributed by atoms with van der Waals surface area (Å²) in [4.78, 5) is 9.25. The molecule has 0 amide bonds. The molecular formula is C19H26N4O2. The smallest absolute Gasteiger partial charge is 0.133 e. The molecule has 0 aliphatic carbocycles. The number of rotatable bonds is 6. The Bertz CT molecular complexity index is 734. The Balaban J connectivity index is 1.71. The molecule has 0 bridgehead atoms. The summed E-state index contributed by atoms with van der Waals surface area (Å²) in [6, 6.07) is 5.93. The predicted octanol–water partition coefficient (Wildman–Crippen LogP) is 2.15. The van der Waals surface area contributed by atoms with E-state index < -0.39 is 0 Å². The number of aromatic nitrogens is 2. The molecule has 2 aromatic rings. The van der Waals surface area contributed by atoms with Crippen molar-refractivity contribution in [3.63, 3.8) is 0 Å². The van der Waals surface area contributed by atoms with Crippen LogP contribution in [0.3, 0.4) is 0 Å². The monoisotopic (exact) mass is 342 g/mol. The van der Waals surface area contributed by atoms with Crippen molar-refractivity contribution in [2.24, 2.45) is 0 Å². The lowest BCUT2D eigenvalue weighted by Crippen LogP contribution is -2.16. The first-order chi connectivity index (χ1) is 12.2. The summed E-state index contributed by atoms with van der Waals surface area (Å²) < 4.78 is 10.7. The van der Waals surface area contributed by atoms with Gasteiger partial charge in [0.25, 0.3) is 0 Å². The van der Waals surface area contributed by atoms with Crippen molar-refractivity contribution in [3.8, 4) is 11.5 Å². The molecular weight excluding hydrogens is 316 g/mol. The molecule has 1 aliphatic rings. The second kappa shape index (κ2) is 8.16. The minimum absolute atomic E-state index is 0.791. The second-order valence-electron chi connectivity index (χ2n) is 6.15. The van der Waals surface area contributed by atoms with E-state index in [-0.39, 0.29) is 0 Å². The van der Waals surface area contributed by atoms with Gasteiger partial charge in [0.05, 0.1) is 19.9 Å². The van der Waals surface area contributed by atoms with E-state index in [1.165, 1.54) is 11.3 Å². The van der Waals surface area contributed by atoms with Crippen molar-refractivity contribution >= 4 is 5.82 Å². The van der Waals surface area contributed by atoms with Crippen molar-refractivity contribution in [2.45, 2.75) is 26.2 Å². The number of benzene rings is 1. The van der Waals surface area contributed by atoms with Crippen LogP contribution in [0.4, 0.5) is 5.82 Å². The van der Waals surface area contributed by atoms with Crippen LogP contribution >= 0.6 is 0 Å². The summed E-state index contributed by atoms with van der Waals surface area (Å²) in [7, 11) is 3.35. The van der Waals surface area contributed by atoms with Crippen molar-refractivity contribution in [1.29, 1.82) is 0 Å². The van der Waals surface area contributed by atoms with Crippen LogP contribution in [-0.2, 0) is 19.3 Å². The fourth-order valence-corrected chi connectivity index (χ4v) is 3.19. The predicted molar refractivity (Wildman–Crippen MR) is 98.8 cm³/mol. The molecule has 0 spiro atoms. The van der Waals surface area contributed by atoms with Gasteiger partial charge in [0.2, 0.25) is 0 Å².